The van der Waals surface area contributed by atoms with Crippen LogP contribution in [0.5, 0.6) is 0 Å². The van der Waals surface area contributed by atoms with Crippen LogP contribution in [0.15, 0.2) is 10.1 Å². The van der Waals surface area contributed by atoms with Crippen molar-refractivity contribution in [1.82, 2.24) is 5.32 Å². The fraction of sp³-hybridized carbons (Fsp3) is 0.833. The molecule has 0 bridgehead atoms. The van der Waals surface area contributed by atoms with Crippen molar-refractivity contribution in [1.29, 1.82) is 0 Å². The molecule has 0 aromatic carbocycles. The standard InChI is InChI=1S/C12H25N3O/c1-7-11(8-2)15-16-12(13-9(3)4)14-10(5)6/h9-10H,7-8H2,1-6H3,(H,13,14). The molecule has 0 unspecified atom stereocenters. The minimum atomic E-state index is 0.197. The van der Waals surface area contributed by atoms with Crippen molar-refractivity contribution in [2.75, 3.05) is 0 Å². The summed E-state index contributed by atoms with van der Waals surface area (Å²) in [5.74, 6) is 0. The Labute approximate surface area is 99.2 Å². The maximum Gasteiger partial charge on any atom is 0.315 e. The van der Waals surface area contributed by atoms with E-state index in [-0.39, 0.29) is 6.04 Å². The second-order valence-corrected chi connectivity index (χ2v) is 4.28. The van der Waals surface area contributed by atoms with Gasteiger partial charge >= 0.3 is 6.02 Å². The molecule has 0 heterocycles. The SMILES string of the molecule is CCC(CC)=NOC(=NC(C)C)NC(C)C. The molecule has 0 aliphatic heterocycles. The Balaban J connectivity index is 4.49. The molecule has 4 nitrogen and oxygen atoms in total. The van der Waals surface area contributed by atoms with Crippen molar-refractivity contribution in [3.05, 3.63) is 0 Å². The third kappa shape index (κ3) is 7.26. The number of oxime groups is 1. The fourth-order valence-corrected chi connectivity index (χ4v) is 1.06. The summed E-state index contributed by atoms with van der Waals surface area (Å²) < 4.78 is 0. The summed E-state index contributed by atoms with van der Waals surface area (Å²) in [6, 6.07) is 0.993. The second kappa shape index (κ2) is 8.13. The molecule has 0 aromatic rings. The van der Waals surface area contributed by atoms with Crippen LogP contribution in [0.1, 0.15) is 54.4 Å². The number of hydrogen-bond donors (Lipinski definition) is 1. The van der Waals surface area contributed by atoms with Gasteiger partial charge in [-0.2, -0.15) is 0 Å². The molecule has 94 valence electrons. The van der Waals surface area contributed by atoms with E-state index < -0.39 is 0 Å². The third-order valence-electron chi connectivity index (χ3n) is 1.87. The average Bonchev–Trinajstić information content (AvgIpc) is 2.17. The molecule has 0 rings (SSSR count). The molecular weight excluding hydrogens is 202 g/mol. The Bertz CT molecular complexity index is 239. The van der Waals surface area contributed by atoms with E-state index in [9.17, 15) is 0 Å². The highest BCUT2D eigenvalue weighted by Gasteiger charge is 2.04. The van der Waals surface area contributed by atoms with E-state index >= 15 is 0 Å². The summed E-state index contributed by atoms with van der Waals surface area (Å²) in [7, 11) is 0. The molecule has 0 saturated carbocycles. The molecule has 0 aromatic heterocycles. The lowest BCUT2D eigenvalue weighted by molar-refractivity contribution is 0.301. The van der Waals surface area contributed by atoms with Gasteiger partial charge in [-0.05, 0) is 40.5 Å². The normalized spacial score (nSPS) is 11.9. The van der Waals surface area contributed by atoms with Gasteiger partial charge < -0.3 is 10.2 Å². The molecule has 16 heavy (non-hydrogen) atoms. The Morgan fingerprint density at radius 1 is 1.12 bits per heavy atom. The lowest BCUT2D eigenvalue weighted by atomic mass is 10.2. The highest BCUT2D eigenvalue weighted by molar-refractivity contribution is 5.84. The zero-order chi connectivity index (χ0) is 12.6. The van der Waals surface area contributed by atoms with Crippen molar-refractivity contribution in [3.63, 3.8) is 0 Å². The van der Waals surface area contributed by atoms with E-state index in [1.165, 1.54) is 0 Å². The van der Waals surface area contributed by atoms with Crippen molar-refractivity contribution in [3.8, 4) is 0 Å². The molecule has 0 aliphatic rings. The van der Waals surface area contributed by atoms with E-state index in [0.29, 0.717) is 12.1 Å². The van der Waals surface area contributed by atoms with E-state index in [4.69, 9.17) is 4.84 Å². The minimum absolute atomic E-state index is 0.197. The number of nitrogens with one attached hydrogen (secondary N) is 1. The summed E-state index contributed by atoms with van der Waals surface area (Å²) >= 11 is 0. The van der Waals surface area contributed by atoms with Crippen LogP contribution in [-0.2, 0) is 4.84 Å². The zero-order valence-corrected chi connectivity index (χ0v) is 11.4. The van der Waals surface area contributed by atoms with Crippen LogP contribution in [0, 0.1) is 0 Å². The van der Waals surface area contributed by atoms with Gasteiger partial charge in [0.2, 0.25) is 0 Å². The lowest BCUT2D eigenvalue weighted by Gasteiger charge is -2.12. The van der Waals surface area contributed by atoms with Gasteiger partial charge in [0.15, 0.2) is 0 Å². The first-order valence-electron chi connectivity index (χ1n) is 6.06. The molecular formula is C12H25N3O. The van der Waals surface area contributed by atoms with E-state index in [1.807, 2.05) is 27.7 Å². The topological polar surface area (TPSA) is 46.0 Å². The molecule has 4 heteroatoms. The Hall–Kier alpha value is -1.06. The van der Waals surface area contributed by atoms with Crippen LogP contribution < -0.4 is 5.32 Å². The first kappa shape index (κ1) is 14.9. The van der Waals surface area contributed by atoms with Crippen LogP contribution >= 0.6 is 0 Å². The smallest absolute Gasteiger partial charge is 0.315 e. The summed E-state index contributed by atoms with van der Waals surface area (Å²) in [6.45, 7) is 12.2. The maximum atomic E-state index is 5.33. The van der Waals surface area contributed by atoms with Gasteiger partial charge in [-0.25, -0.2) is 4.99 Å². The van der Waals surface area contributed by atoms with Gasteiger partial charge in [0.05, 0.1) is 5.71 Å². The van der Waals surface area contributed by atoms with Gasteiger partial charge in [-0.1, -0.05) is 19.0 Å². The minimum Gasteiger partial charge on any atom is -0.336 e. The number of rotatable bonds is 5. The van der Waals surface area contributed by atoms with Crippen LogP contribution in [0.4, 0.5) is 0 Å². The summed E-state index contributed by atoms with van der Waals surface area (Å²) in [4.78, 5) is 9.67. The average molecular weight is 227 g/mol. The van der Waals surface area contributed by atoms with Crippen molar-refractivity contribution in [2.45, 2.75) is 66.5 Å². The summed E-state index contributed by atoms with van der Waals surface area (Å²) in [5.41, 5.74) is 1.04. The Morgan fingerprint density at radius 3 is 2.06 bits per heavy atom. The molecule has 0 spiro atoms. The van der Waals surface area contributed by atoms with Gasteiger partial charge in [0, 0.05) is 12.1 Å². The predicted molar refractivity (Wildman–Crippen MR) is 69.9 cm³/mol. The molecule has 0 fully saturated rings. The summed E-state index contributed by atoms with van der Waals surface area (Å²) in [5, 5.41) is 7.23. The van der Waals surface area contributed by atoms with Gasteiger partial charge in [0.1, 0.15) is 0 Å². The Morgan fingerprint density at radius 2 is 1.69 bits per heavy atom. The largest absolute Gasteiger partial charge is 0.336 e. The van der Waals surface area contributed by atoms with Crippen molar-refractivity contribution in [2.24, 2.45) is 10.1 Å². The van der Waals surface area contributed by atoms with Crippen molar-refractivity contribution < 1.29 is 4.84 Å². The van der Waals surface area contributed by atoms with Crippen molar-refractivity contribution >= 4 is 11.7 Å². The first-order valence-corrected chi connectivity index (χ1v) is 6.06. The maximum absolute atomic E-state index is 5.33. The van der Waals surface area contributed by atoms with Gasteiger partial charge in [-0.15, -0.1) is 0 Å². The van der Waals surface area contributed by atoms with E-state index in [1.54, 1.807) is 0 Å². The van der Waals surface area contributed by atoms with Gasteiger partial charge in [0.25, 0.3) is 0 Å². The third-order valence-corrected chi connectivity index (χ3v) is 1.87. The molecule has 0 radical (unpaired) electrons. The quantitative estimate of drug-likeness (QED) is 0.446. The van der Waals surface area contributed by atoms with Crippen LogP contribution in [0.3, 0.4) is 0 Å². The van der Waals surface area contributed by atoms with Crippen LogP contribution in [-0.4, -0.2) is 23.8 Å². The van der Waals surface area contributed by atoms with E-state index in [0.717, 1.165) is 18.6 Å². The molecule has 0 amide bonds. The monoisotopic (exact) mass is 227 g/mol. The number of nitrogens with zero attached hydrogens (tertiary/aromatic N) is 2. The molecule has 1 N–H and O–H groups in total. The fourth-order valence-electron chi connectivity index (χ4n) is 1.06. The predicted octanol–water partition coefficient (Wildman–Crippen LogP) is 2.94. The van der Waals surface area contributed by atoms with Crippen LogP contribution in [0.25, 0.3) is 0 Å². The highest BCUT2D eigenvalue weighted by Crippen LogP contribution is 1.96. The molecule has 0 aliphatic carbocycles. The lowest BCUT2D eigenvalue weighted by Crippen LogP contribution is -2.32. The zero-order valence-electron chi connectivity index (χ0n) is 11.4. The van der Waals surface area contributed by atoms with E-state index in [2.05, 4.69) is 29.3 Å². The van der Waals surface area contributed by atoms with Gasteiger partial charge in [-0.3, -0.25) is 0 Å². The number of aliphatic imine (C=N–C) groups is 1. The van der Waals surface area contributed by atoms with Crippen LogP contribution in [0.2, 0.25) is 0 Å². The first-order chi connectivity index (χ1) is 7.49. The summed E-state index contributed by atoms with van der Waals surface area (Å²) in [6.07, 6.45) is 1.82. The number of hydrogen-bond acceptors (Lipinski definition) is 3. The molecule has 0 atom stereocenters. The molecule has 0 saturated heterocycles. The number of amidine groups is 1. The second-order valence-electron chi connectivity index (χ2n) is 4.28. The Kier molecular flexibility index (Phi) is 7.60. The highest BCUT2D eigenvalue weighted by atomic mass is 16.6.